The van der Waals surface area contributed by atoms with Crippen LogP contribution in [-0.2, 0) is 7.05 Å². The fraction of sp³-hybridized carbons (Fsp3) is 0.105. The van der Waals surface area contributed by atoms with E-state index in [1.807, 2.05) is 31.3 Å². The summed E-state index contributed by atoms with van der Waals surface area (Å²) in [6, 6.07) is 17.2. The Morgan fingerprint density at radius 1 is 1.00 bits per heavy atom. The quantitative estimate of drug-likeness (QED) is 0.666. The summed E-state index contributed by atoms with van der Waals surface area (Å²) in [5.41, 5.74) is 3.13. The molecule has 110 valence electrons. The van der Waals surface area contributed by atoms with Crippen LogP contribution in [0.5, 0.6) is 5.75 Å². The van der Waals surface area contributed by atoms with Gasteiger partial charge in [0.1, 0.15) is 7.05 Å². The van der Waals surface area contributed by atoms with E-state index in [9.17, 15) is 4.39 Å². The van der Waals surface area contributed by atoms with Gasteiger partial charge in [-0.25, -0.2) is 4.39 Å². The van der Waals surface area contributed by atoms with E-state index in [0.717, 1.165) is 11.3 Å². The molecule has 0 N–H and O–H groups in total. The molecule has 3 aromatic rings. The number of methoxy groups -OCH3 is 1. The van der Waals surface area contributed by atoms with Gasteiger partial charge in [0.05, 0.1) is 7.11 Å². The summed E-state index contributed by atoms with van der Waals surface area (Å²) in [6.45, 7) is 0. The maximum Gasteiger partial charge on any atom is 0.212 e. The first kappa shape index (κ1) is 14.3. The Hall–Kier alpha value is -2.68. The van der Waals surface area contributed by atoms with E-state index in [1.165, 1.54) is 24.1 Å². The second kappa shape index (κ2) is 5.98. The fourth-order valence-electron chi connectivity index (χ4n) is 2.49. The minimum atomic E-state index is -0.351. The summed E-state index contributed by atoms with van der Waals surface area (Å²) >= 11 is 0. The first-order valence-electron chi connectivity index (χ1n) is 7.08. The monoisotopic (exact) mass is 294 g/mol. The lowest BCUT2D eigenvalue weighted by atomic mass is 10.1. The van der Waals surface area contributed by atoms with Gasteiger partial charge in [-0.2, -0.15) is 4.57 Å². The Bertz CT molecular complexity index is 855. The van der Waals surface area contributed by atoms with E-state index in [4.69, 9.17) is 4.74 Å². The molecule has 1 heterocycles. The van der Waals surface area contributed by atoms with Gasteiger partial charge < -0.3 is 4.74 Å². The lowest BCUT2D eigenvalue weighted by molar-refractivity contribution is -0.646. The van der Waals surface area contributed by atoms with Crippen molar-refractivity contribution in [2.75, 3.05) is 7.11 Å². The van der Waals surface area contributed by atoms with Gasteiger partial charge in [-0.3, -0.25) is 0 Å². The molecular weight excluding hydrogens is 277 g/mol. The molecule has 0 amide bonds. The van der Waals surface area contributed by atoms with Crippen LogP contribution in [0.4, 0.5) is 4.39 Å². The third kappa shape index (κ3) is 2.70. The van der Waals surface area contributed by atoms with Gasteiger partial charge in [-0.05, 0) is 35.9 Å². The van der Waals surface area contributed by atoms with Crippen LogP contribution in [0.25, 0.3) is 23.1 Å². The number of ether oxygens (including phenoxy) is 1. The predicted molar refractivity (Wildman–Crippen MR) is 87.0 cm³/mol. The zero-order valence-electron chi connectivity index (χ0n) is 12.6. The number of benzene rings is 2. The predicted octanol–water partition coefficient (Wildman–Crippen LogP) is 3.98. The maximum atomic E-state index is 13.4. The largest absolute Gasteiger partial charge is 0.494 e. The van der Waals surface area contributed by atoms with Crippen molar-refractivity contribution >= 4 is 23.1 Å². The molecule has 0 atom stereocenters. The Morgan fingerprint density at radius 3 is 2.64 bits per heavy atom. The number of hydrogen-bond acceptors (Lipinski definition) is 1. The van der Waals surface area contributed by atoms with Crippen LogP contribution in [0.3, 0.4) is 0 Å². The number of aromatic nitrogens is 1. The molecule has 0 fully saturated rings. The zero-order chi connectivity index (χ0) is 15.5. The highest BCUT2D eigenvalue weighted by atomic mass is 19.1. The van der Waals surface area contributed by atoms with Crippen molar-refractivity contribution in [3.8, 4) is 5.75 Å². The Kier molecular flexibility index (Phi) is 3.88. The van der Waals surface area contributed by atoms with E-state index in [2.05, 4.69) is 28.8 Å². The molecule has 3 heteroatoms. The highest BCUT2D eigenvalue weighted by molar-refractivity contribution is 5.77. The number of para-hydroxylation sites is 1. The van der Waals surface area contributed by atoms with Crippen molar-refractivity contribution in [2.45, 2.75) is 0 Å². The first-order valence-corrected chi connectivity index (χ1v) is 7.08. The van der Waals surface area contributed by atoms with Gasteiger partial charge in [0.25, 0.3) is 0 Å². The SMILES string of the molecule is COc1cc(C=Cc2ccc3ccccc3[n+]2C)ccc1F. The third-order valence-electron chi connectivity index (χ3n) is 3.74. The van der Waals surface area contributed by atoms with Crippen molar-refractivity contribution in [1.29, 1.82) is 0 Å². The topological polar surface area (TPSA) is 13.1 Å². The molecule has 0 aliphatic rings. The van der Waals surface area contributed by atoms with Crippen molar-refractivity contribution in [3.63, 3.8) is 0 Å². The highest BCUT2D eigenvalue weighted by Crippen LogP contribution is 2.19. The average Bonchev–Trinajstić information content (AvgIpc) is 2.56. The van der Waals surface area contributed by atoms with Crippen molar-refractivity contribution in [2.24, 2.45) is 7.05 Å². The van der Waals surface area contributed by atoms with Gasteiger partial charge in [0.2, 0.25) is 11.2 Å². The molecule has 0 aliphatic heterocycles. The number of rotatable bonds is 3. The first-order chi connectivity index (χ1) is 10.7. The van der Waals surface area contributed by atoms with Crippen molar-refractivity contribution in [3.05, 3.63) is 71.7 Å². The van der Waals surface area contributed by atoms with Crippen LogP contribution >= 0.6 is 0 Å². The van der Waals surface area contributed by atoms with Crippen molar-refractivity contribution in [1.82, 2.24) is 0 Å². The number of hydrogen-bond donors (Lipinski definition) is 0. The Balaban J connectivity index is 1.97. The van der Waals surface area contributed by atoms with Gasteiger partial charge in [0, 0.05) is 23.6 Å². The molecule has 0 radical (unpaired) electrons. The maximum absolute atomic E-state index is 13.4. The van der Waals surface area contributed by atoms with Crippen LogP contribution in [0.2, 0.25) is 0 Å². The molecule has 2 nitrogen and oxygen atoms in total. The van der Waals surface area contributed by atoms with Gasteiger partial charge in [0.15, 0.2) is 11.6 Å². The molecule has 0 bridgehead atoms. The summed E-state index contributed by atoms with van der Waals surface area (Å²) < 4.78 is 20.6. The second-order valence-corrected chi connectivity index (χ2v) is 5.10. The average molecular weight is 294 g/mol. The lowest BCUT2D eigenvalue weighted by Crippen LogP contribution is -2.32. The Labute approximate surface area is 129 Å². The molecule has 0 aliphatic carbocycles. The number of nitrogens with zero attached hydrogens (tertiary/aromatic N) is 1. The zero-order valence-corrected chi connectivity index (χ0v) is 12.6. The molecule has 0 saturated carbocycles. The highest BCUT2D eigenvalue weighted by Gasteiger charge is 2.08. The van der Waals surface area contributed by atoms with Gasteiger partial charge in [-0.15, -0.1) is 0 Å². The van der Waals surface area contributed by atoms with E-state index < -0.39 is 0 Å². The van der Waals surface area contributed by atoms with Crippen LogP contribution in [0, 0.1) is 5.82 Å². The van der Waals surface area contributed by atoms with E-state index >= 15 is 0 Å². The molecule has 2 aromatic carbocycles. The molecular formula is C19H17FNO+. The van der Waals surface area contributed by atoms with Crippen molar-refractivity contribution < 1.29 is 13.7 Å². The molecule has 3 rings (SSSR count). The van der Waals surface area contributed by atoms with Gasteiger partial charge >= 0.3 is 0 Å². The van der Waals surface area contributed by atoms with E-state index in [1.54, 1.807) is 12.1 Å². The third-order valence-corrected chi connectivity index (χ3v) is 3.74. The van der Waals surface area contributed by atoms with Crippen LogP contribution in [-0.4, -0.2) is 7.11 Å². The van der Waals surface area contributed by atoms with Crippen LogP contribution in [0.1, 0.15) is 11.3 Å². The minimum Gasteiger partial charge on any atom is -0.494 e. The molecule has 22 heavy (non-hydrogen) atoms. The van der Waals surface area contributed by atoms with E-state index in [0.29, 0.717) is 0 Å². The number of aryl methyl sites for hydroxylation is 1. The summed E-state index contributed by atoms with van der Waals surface area (Å²) in [4.78, 5) is 0. The standard InChI is InChI=1S/C19H17FNO/c1-21-16(11-9-15-5-3-4-6-18(15)21)10-7-14-8-12-17(20)19(13-14)22-2/h3-13H,1-2H3/q+1. The molecule has 0 saturated heterocycles. The Morgan fingerprint density at radius 2 is 1.82 bits per heavy atom. The minimum absolute atomic E-state index is 0.255. The summed E-state index contributed by atoms with van der Waals surface area (Å²) in [7, 11) is 3.50. The number of pyridine rings is 1. The normalized spacial score (nSPS) is 11.2. The summed E-state index contributed by atoms with van der Waals surface area (Å²) in [5.74, 6) is -0.0963. The molecule has 0 spiro atoms. The number of fused-ring (bicyclic) bond motifs is 1. The second-order valence-electron chi connectivity index (χ2n) is 5.10. The molecule has 0 unspecified atom stereocenters. The molecule has 1 aromatic heterocycles. The smallest absolute Gasteiger partial charge is 0.212 e. The van der Waals surface area contributed by atoms with E-state index in [-0.39, 0.29) is 11.6 Å². The van der Waals surface area contributed by atoms with Crippen LogP contribution in [0.15, 0.2) is 54.6 Å². The summed E-state index contributed by atoms with van der Waals surface area (Å²) in [5, 5.41) is 1.20. The van der Waals surface area contributed by atoms with Crippen LogP contribution < -0.4 is 9.30 Å². The summed E-state index contributed by atoms with van der Waals surface area (Å²) in [6.07, 6.45) is 3.96. The fourth-order valence-corrected chi connectivity index (χ4v) is 2.49. The van der Waals surface area contributed by atoms with Gasteiger partial charge in [-0.1, -0.05) is 18.2 Å². The lowest BCUT2D eigenvalue weighted by Gasteiger charge is -2.02. The number of halogens is 1.